The summed E-state index contributed by atoms with van der Waals surface area (Å²) >= 11 is 7.04. The number of nitriles is 1. The number of imide groups is 1. The Morgan fingerprint density at radius 3 is 2.30 bits per heavy atom. The van der Waals surface area contributed by atoms with Crippen molar-refractivity contribution >= 4 is 52.6 Å². The van der Waals surface area contributed by atoms with Gasteiger partial charge in [0.25, 0.3) is 0 Å². The number of aromatic nitrogens is 1. The molecule has 1 atom stereocenters. The van der Waals surface area contributed by atoms with E-state index < -0.39 is 29.6 Å². The summed E-state index contributed by atoms with van der Waals surface area (Å²) in [5.41, 5.74) is 2.48. The molecule has 1 saturated heterocycles. The van der Waals surface area contributed by atoms with Crippen LogP contribution in [0.25, 0.3) is 11.3 Å². The molecule has 0 aliphatic carbocycles. The van der Waals surface area contributed by atoms with Crippen molar-refractivity contribution in [3.8, 4) is 23.1 Å². The highest BCUT2D eigenvalue weighted by Crippen LogP contribution is 2.36. The molecule has 9 nitrogen and oxygen atoms in total. The van der Waals surface area contributed by atoms with E-state index in [0.717, 1.165) is 22.2 Å². The molecule has 11 heteroatoms. The number of ketones is 1. The standard InChI is InChI=1S/C32H22ClN3O6S/c1-41-25-13-6-20(7-14-25)27(37)18-42-32(40)21-4-11-24(12-5-21)36-29(38)16-28(31(36)39)43-30-22(17-34)8-15-26(35-30)19-2-9-23(33)10-3-19/h2-15,28H,16,18H2,1H3. The Morgan fingerprint density at radius 2 is 1.65 bits per heavy atom. The lowest BCUT2D eigenvalue weighted by Crippen LogP contribution is -2.31. The lowest BCUT2D eigenvalue weighted by molar-refractivity contribution is -0.121. The second kappa shape index (κ2) is 12.9. The predicted octanol–water partition coefficient (Wildman–Crippen LogP) is 5.75. The smallest absolute Gasteiger partial charge is 0.338 e. The quantitative estimate of drug-likeness (QED) is 0.132. The van der Waals surface area contributed by atoms with E-state index in [4.69, 9.17) is 21.1 Å². The van der Waals surface area contributed by atoms with Gasteiger partial charge in [-0.15, -0.1) is 0 Å². The molecule has 2 heterocycles. The molecule has 3 aromatic carbocycles. The Balaban J connectivity index is 1.24. The molecule has 43 heavy (non-hydrogen) atoms. The third kappa shape index (κ3) is 6.59. The van der Waals surface area contributed by atoms with Crippen LogP contribution >= 0.6 is 23.4 Å². The van der Waals surface area contributed by atoms with Crippen LogP contribution in [0.2, 0.25) is 5.02 Å². The highest BCUT2D eigenvalue weighted by molar-refractivity contribution is 8.00. The fourth-order valence-corrected chi connectivity index (χ4v) is 5.54. The Kier molecular flexibility index (Phi) is 8.85. The van der Waals surface area contributed by atoms with Crippen LogP contribution in [0.4, 0.5) is 5.69 Å². The zero-order valence-corrected chi connectivity index (χ0v) is 24.2. The third-order valence-electron chi connectivity index (χ3n) is 6.59. The first-order chi connectivity index (χ1) is 20.8. The van der Waals surface area contributed by atoms with Crippen LogP contribution in [0.15, 0.2) is 90.0 Å². The zero-order chi connectivity index (χ0) is 30.5. The molecule has 1 fully saturated rings. The number of carbonyl (C=O) groups excluding carboxylic acids is 4. The SMILES string of the molecule is COc1ccc(C(=O)COC(=O)c2ccc(N3C(=O)CC(Sc4nc(-c5ccc(Cl)cc5)ccc4C#N)C3=O)cc2)cc1. The summed E-state index contributed by atoms with van der Waals surface area (Å²) < 4.78 is 10.2. The number of nitrogens with zero attached hydrogens (tertiary/aromatic N) is 3. The number of carbonyl (C=O) groups is 4. The number of benzene rings is 3. The van der Waals surface area contributed by atoms with Crippen molar-refractivity contribution in [2.24, 2.45) is 0 Å². The summed E-state index contributed by atoms with van der Waals surface area (Å²) in [4.78, 5) is 56.7. The van der Waals surface area contributed by atoms with Crippen molar-refractivity contribution in [3.63, 3.8) is 0 Å². The van der Waals surface area contributed by atoms with E-state index in [-0.39, 0.29) is 29.0 Å². The molecule has 2 amide bonds. The van der Waals surface area contributed by atoms with Crippen molar-refractivity contribution in [2.75, 3.05) is 18.6 Å². The van der Waals surface area contributed by atoms with Gasteiger partial charge in [-0.1, -0.05) is 35.5 Å². The number of methoxy groups -OCH3 is 1. The average molecular weight is 612 g/mol. The van der Waals surface area contributed by atoms with Gasteiger partial charge in [0.05, 0.1) is 34.9 Å². The minimum atomic E-state index is -0.791. The van der Waals surface area contributed by atoms with Gasteiger partial charge in [-0.2, -0.15) is 5.26 Å². The van der Waals surface area contributed by atoms with E-state index >= 15 is 0 Å². The number of Topliss-reactive ketones (excluding diaryl/α,β-unsaturated/α-hetero) is 1. The van der Waals surface area contributed by atoms with Gasteiger partial charge in [0.2, 0.25) is 11.8 Å². The van der Waals surface area contributed by atoms with Gasteiger partial charge in [0.15, 0.2) is 12.4 Å². The summed E-state index contributed by atoms with van der Waals surface area (Å²) in [5.74, 6) is -1.39. The first-order valence-electron chi connectivity index (χ1n) is 12.9. The average Bonchev–Trinajstić information content (AvgIpc) is 3.31. The number of esters is 1. The number of pyridine rings is 1. The molecule has 0 saturated carbocycles. The molecule has 0 N–H and O–H groups in total. The molecule has 1 aliphatic rings. The molecule has 0 bridgehead atoms. The second-order valence-electron chi connectivity index (χ2n) is 9.32. The normalized spacial score (nSPS) is 14.3. The summed E-state index contributed by atoms with van der Waals surface area (Å²) in [7, 11) is 1.52. The zero-order valence-electron chi connectivity index (χ0n) is 22.7. The first kappa shape index (κ1) is 29.5. The number of rotatable bonds is 9. The Morgan fingerprint density at radius 1 is 0.977 bits per heavy atom. The van der Waals surface area contributed by atoms with Crippen LogP contribution in [0.3, 0.4) is 0 Å². The molecule has 1 unspecified atom stereocenters. The van der Waals surface area contributed by atoms with Gasteiger partial charge >= 0.3 is 5.97 Å². The lowest BCUT2D eigenvalue weighted by atomic mass is 10.1. The van der Waals surface area contributed by atoms with Crippen LogP contribution < -0.4 is 9.64 Å². The van der Waals surface area contributed by atoms with E-state index in [9.17, 15) is 24.4 Å². The van der Waals surface area contributed by atoms with E-state index in [2.05, 4.69) is 11.1 Å². The van der Waals surface area contributed by atoms with Gasteiger partial charge in [-0.05, 0) is 72.8 Å². The molecular weight excluding hydrogens is 590 g/mol. The Bertz CT molecular complexity index is 1750. The largest absolute Gasteiger partial charge is 0.497 e. The number of thioether (sulfide) groups is 1. The van der Waals surface area contributed by atoms with Crippen LogP contribution in [-0.2, 0) is 14.3 Å². The van der Waals surface area contributed by atoms with E-state index in [1.165, 1.54) is 31.4 Å². The molecule has 5 rings (SSSR count). The summed E-state index contributed by atoms with van der Waals surface area (Å²) in [5, 5.41) is 9.73. The van der Waals surface area contributed by atoms with Gasteiger partial charge < -0.3 is 9.47 Å². The fourth-order valence-electron chi connectivity index (χ4n) is 4.32. The molecule has 1 aliphatic heterocycles. The van der Waals surface area contributed by atoms with Gasteiger partial charge in [-0.25, -0.2) is 14.7 Å². The minimum absolute atomic E-state index is 0.0848. The van der Waals surface area contributed by atoms with Crippen molar-refractivity contribution < 1.29 is 28.7 Å². The topological polar surface area (TPSA) is 127 Å². The number of ether oxygens (including phenoxy) is 2. The minimum Gasteiger partial charge on any atom is -0.497 e. The van der Waals surface area contributed by atoms with Crippen LogP contribution in [0.1, 0.15) is 32.7 Å². The Hall–Kier alpha value is -4.98. The van der Waals surface area contributed by atoms with Gasteiger partial charge in [-0.3, -0.25) is 14.4 Å². The molecule has 0 radical (unpaired) electrons. The van der Waals surface area contributed by atoms with E-state index in [1.54, 1.807) is 60.7 Å². The number of hydrogen-bond donors (Lipinski definition) is 0. The van der Waals surface area contributed by atoms with Crippen LogP contribution in [0, 0.1) is 11.3 Å². The van der Waals surface area contributed by atoms with Gasteiger partial charge in [0, 0.05) is 22.6 Å². The maximum absolute atomic E-state index is 13.3. The van der Waals surface area contributed by atoms with Crippen molar-refractivity contribution in [1.29, 1.82) is 5.26 Å². The molecule has 0 spiro atoms. The van der Waals surface area contributed by atoms with Crippen molar-refractivity contribution in [3.05, 3.63) is 107 Å². The van der Waals surface area contributed by atoms with Crippen molar-refractivity contribution in [2.45, 2.75) is 16.7 Å². The van der Waals surface area contributed by atoms with Gasteiger partial charge in [0.1, 0.15) is 16.8 Å². The lowest BCUT2D eigenvalue weighted by Gasteiger charge is -2.15. The molecule has 1 aromatic heterocycles. The maximum Gasteiger partial charge on any atom is 0.338 e. The maximum atomic E-state index is 13.3. The highest BCUT2D eigenvalue weighted by Gasteiger charge is 2.41. The summed E-state index contributed by atoms with van der Waals surface area (Å²) in [6.45, 7) is -0.452. The number of halogens is 1. The fraction of sp³-hybridized carbons (Fsp3) is 0.125. The van der Waals surface area contributed by atoms with Crippen LogP contribution in [-0.4, -0.2) is 47.5 Å². The molecule has 214 valence electrons. The first-order valence-corrected chi connectivity index (χ1v) is 14.2. The van der Waals surface area contributed by atoms with Crippen molar-refractivity contribution in [1.82, 2.24) is 4.98 Å². The predicted molar refractivity (Wildman–Crippen MR) is 160 cm³/mol. The highest BCUT2D eigenvalue weighted by atomic mass is 35.5. The molecule has 4 aromatic rings. The summed E-state index contributed by atoms with van der Waals surface area (Å²) in [6.07, 6.45) is -0.0848. The molecular formula is C32H22ClN3O6S. The number of amides is 2. The van der Waals surface area contributed by atoms with E-state index in [1.807, 2.05) is 0 Å². The summed E-state index contributed by atoms with van der Waals surface area (Å²) in [6, 6.07) is 24.7. The Labute approximate surface area is 256 Å². The van der Waals surface area contributed by atoms with E-state index in [0.29, 0.717) is 27.1 Å². The monoisotopic (exact) mass is 611 g/mol. The third-order valence-corrected chi connectivity index (χ3v) is 8.03. The van der Waals surface area contributed by atoms with Crippen LogP contribution in [0.5, 0.6) is 5.75 Å². The second-order valence-corrected chi connectivity index (χ2v) is 10.9. The number of hydrogen-bond acceptors (Lipinski definition) is 9. The number of anilines is 1.